The zero-order chi connectivity index (χ0) is 9.90. The molecule has 0 unspecified atom stereocenters. The molecular formula is C7H13F3N2O. The molecule has 1 rings (SSSR count). The number of ether oxygens (including phenoxy) is 1. The Morgan fingerprint density at radius 2 is 2.15 bits per heavy atom. The molecule has 0 aromatic heterocycles. The molecule has 0 bridgehead atoms. The van der Waals surface area contributed by atoms with Crippen LogP contribution < -0.4 is 5.73 Å². The second kappa shape index (κ2) is 4.26. The Hall–Kier alpha value is -0.330. The topological polar surface area (TPSA) is 38.5 Å². The van der Waals surface area contributed by atoms with Crippen molar-refractivity contribution >= 4 is 0 Å². The van der Waals surface area contributed by atoms with Crippen LogP contribution in [0.15, 0.2) is 0 Å². The fourth-order valence-electron chi connectivity index (χ4n) is 1.33. The Balaban J connectivity index is 2.28. The largest absolute Gasteiger partial charge is 0.460 e. The maximum atomic E-state index is 12.1. The summed E-state index contributed by atoms with van der Waals surface area (Å²) in [5, 5.41) is 0. The predicted octanol–water partition coefficient (Wildman–Crippen LogP) is 0.556. The van der Waals surface area contributed by atoms with Crippen molar-refractivity contribution in [2.45, 2.75) is 18.8 Å². The first-order valence-corrected chi connectivity index (χ1v) is 4.17. The lowest BCUT2D eigenvalue weighted by Gasteiger charge is -2.18. The minimum atomic E-state index is -4.22. The van der Waals surface area contributed by atoms with Crippen molar-refractivity contribution in [3.05, 3.63) is 0 Å². The Bertz CT molecular complexity index is 162. The van der Waals surface area contributed by atoms with Gasteiger partial charge in [-0.15, -0.1) is 0 Å². The Morgan fingerprint density at radius 3 is 2.62 bits per heavy atom. The summed E-state index contributed by atoms with van der Waals surface area (Å²) in [5.41, 5.74) is 5.17. The van der Waals surface area contributed by atoms with Crippen molar-refractivity contribution in [1.29, 1.82) is 0 Å². The predicted molar refractivity (Wildman–Crippen MR) is 41.0 cm³/mol. The van der Waals surface area contributed by atoms with Gasteiger partial charge in [0.25, 0.3) is 0 Å². The number of likely N-dealkylation sites (tertiary alicyclic amines) is 1. The SMILES string of the molecule is NCCO[C@H]1CCN(C(F)(F)F)C1. The van der Waals surface area contributed by atoms with Crippen LogP contribution >= 0.6 is 0 Å². The number of nitrogens with two attached hydrogens (primary N) is 1. The minimum Gasteiger partial charge on any atom is -0.376 e. The lowest BCUT2D eigenvalue weighted by Crippen LogP contribution is -2.36. The lowest BCUT2D eigenvalue weighted by atomic mass is 10.3. The van der Waals surface area contributed by atoms with Crippen LogP contribution in [0, 0.1) is 0 Å². The second-order valence-corrected chi connectivity index (χ2v) is 2.98. The first kappa shape index (κ1) is 10.7. The Labute approximate surface area is 74.6 Å². The number of rotatable bonds is 3. The molecule has 0 spiro atoms. The average molecular weight is 198 g/mol. The van der Waals surface area contributed by atoms with E-state index in [2.05, 4.69) is 0 Å². The van der Waals surface area contributed by atoms with E-state index in [1.165, 1.54) is 0 Å². The van der Waals surface area contributed by atoms with Gasteiger partial charge in [-0.25, -0.2) is 4.90 Å². The Kier molecular flexibility index (Phi) is 3.52. The third-order valence-corrected chi connectivity index (χ3v) is 1.97. The van der Waals surface area contributed by atoms with E-state index in [9.17, 15) is 13.2 Å². The molecule has 3 nitrogen and oxygen atoms in total. The highest BCUT2D eigenvalue weighted by Gasteiger charge is 2.41. The van der Waals surface area contributed by atoms with Crippen LogP contribution in [-0.2, 0) is 4.74 Å². The van der Waals surface area contributed by atoms with E-state index in [1.54, 1.807) is 0 Å². The van der Waals surface area contributed by atoms with Crippen molar-refractivity contribution in [3.8, 4) is 0 Å². The van der Waals surface area contributed by atoms with Gasteiger partial charge in [0, 0.05) is 19.6 Å². The molecule has 0 saturated carbocycles. The van der Waals surface area contributed by atoms with Gasteiger partial charge in [-0.05, 0) is 6.42 Å². The van der Waals surface area contributed by atoms with Crippen LogP contribution in [0.2, 0.25) is 0 Å². The number of nitrogens with zero attached hydrogens (tertiary/aromatic N) is 1. The van der Waals surface area contributed by atoms with E-state index in [0.29, 0.717) is 24.5 Å². The van der Waals surface area contributed by atoms with E-state index in [4.69, 9.17) is 10.5 Å². The van der Waals surface area contributed by atoms with Crippen LogP contribution in [0.1, 0.15) is 6.42 Å². The molecule has 6 heteroatoms. The summed E-state index contributed by atoms with van der Waals surface area (Å²) in [4.78, 5) is 0.466. The van der Waals surface area contributed by atoms with Crippen molar-refractivity contribution in [2.75, 3.05) is 26.2 Å². The van der Waals surface area contributed by atoms with Gasteiger partial charge < -0.3 is 10.5 Å². The number of alkyl halides is 3. The summed E-state index contributed by atoms with van der Waals surface area (Å²) in [6, 6.07) is 0. The van der Waals surface area contributed by atoms with Crippen LogP contribution in [0.4, 0.5) is 13.2 Å². The van der Waals surface area contributed by atoms with E-state index >= 15 is 0 Å². The quantitative estimate of drug-likeness (QED) is 0.673. The fraction of sp³-hybridized carbons (Fsp3) is 1.00. The third kappa shape index (κ3) is 3.13. The monoisotopic (exact) mass is 198 g/mol. The molecule has 1 atom stereocenters. The van der Waals surface area contributed by atoms with Crippen molar-refractivity contribution in [2.24, 2.45) is 5.73 Å². The van der Waals surface area contributed by atoms with Crippen molar-refractivity contribution < 1.29 is 17.9 Å². The zero-order valence-electron chi connectivity index (χ0n) is 7.18. The summed E-state index contributed by atoms with van der Waals surface area (Å²) < 4.78 is 41.4. The van der Waals surface area contributed by atoms with Crippen molar-refractivity contribution in [1.82, 2.24) is 4.90 Å². The fourth-order valence-corrected chi connectivity index (χ4v) is 1.33. The molecule has 78 valence electrons. The molecule has 13 heavy (non-hydrogen) atoms. The number of hydrogen-bond acceptors (Lipinski definition) is 3. The van der Waals surface area contributed by atoms with Crippen LogP contribution in [0.3, 0.4) is 0 Å². The molecule has 0 radical (unpaired) electrons. The molecule has 0 aromatic carbocycles. The number of halogens is 3. The molecule has 1 fully saturated rings. The van der Waals surface area contributed by atoms with Crippen LogP contribution in [-0.4, -0.2) is 43.5 Å². The summed E-state index contributed by atoms with van der Waals surface area (Å²) >= 11 is 0. The number of hydrogen-bond donors (Lipinski definition) is 1. The van der Waals surface area contributed by atoms with Crippen molar-refractivity contribution in [3.63, 3.8) is 0 Å². The first-order chi connectivity index (χ1) is 6.04. The highest BCUT2D eigenvalue weighted by atomic mass is 19.4. The van der Waals surface area contributed by atoms with Gasteiger partial charge in [-0.1, -0.05) is 0 Å². The highest BCUT2D eigenvalue weighted by Crippen LogP contribution is 2.26. The van der Waals surface area contributed by atoms with Crippen LogP contribution in [0.5, 0.6) is 0 Å². The maximum Gasteiger partial charge on any atom is 0.460 e. The minimum absolute atomic E-state index is 0.0265. The summed E-state index contributed by atoms with van der Waals surface area (Å²) in [7, 11) is 0. The lowest BCUT2D eigenvalue weighted by molar-refractivity contribution is -0.240. The standard InChI is InChI=1S/C7H13F3N2O/c8-7(9,10)12-3-1-6(5-12)13-4-2-11/h6H,1-5,11H2/t6-/m0/s1. The summed E-state index contributed by atoms with van der Waals surface area (Å²) in [6.45, 7) is 0.640. The smallest absolute Gasteiger partial charge is 0.376 e. The van der Waals surface area contributed by atoms with E-state index in [-0.39, 0.29) is 19.2 Å². The molecule has 0 amide bonds. The van der Waals surface area contributed by atoms with E-state index in [1.807, 2.05) is 0 Å². The first-order valence-electron chi connectivity index (χ1n) is 4.17. The van der Waals surface area contributed by atoms with Gasteiger partial charge in [0.2, 0.25) is 0 Å². The highest BCUT2D eigenvalue weighted by molar-refractivity contribution is 4.77. The van der Waals surface area contributed by atoms with Gasteiger partial charge in [0.1, 0.15) is 0 Å². The molecule has 0 aliphatic carbocycles. The molecule has 1 heterocycles. The molecule has 1 aliphatic heterocycles. The summed E-state index contributed by atoms with van der Waals surface area (Å²) in [5.74, 6) is 0. The van der Waals surface area contributed by atoms with Gasteiger partial charge in [0.15, 0.2) is 0 Å². The van der Waals surface area contributed by atoms with E-state index in [0.717, 1.165) is 0 Å². The summed E-state index contributed by atoms with van der Waals surface area (Å²) in [6.07, 6.45) is -4.11. The van der Waals surface area contributed by atoms with Gasteiger partial charge >= 0.3 is 6.30 Å². The Morgan fingerprint density at radius 1 is 1.46 bits per heavy atom. The molecule has 1 aliphatic rings. The van der Waals surface area contributed by atoms with Gasteiger partial charge in [-0.3, -0.25) is 0 Å². The van der Waals surface area contributed by atoms with Gasteiger partial charge in [0.05, 0.1) is 12.7 Å². The molecular weight excluding hydrogens is 185 g/mol. The second-order valence-electron chi connectivity index (χ2n) is 2.98. The average Bonchev–Trinajstić information content (AvgIpc) is 2.47. The van der Waals surface area contributed by atoms with E-state index < -0.39 is 6.30 Å². The van der Waals surface area contributed by atoms with Gasteiger partial charge in [-0.2, -0.15) is 13.2 Å². The maximum absolute atomic E-state index is 12.1. The zero-order valence-corrected chi connectivity index (χ0v) is 7.18. The molecule has 1 saturated heterocycles. The normalized spacial score (nSPS) is 25.4. The van der Waals surface area contributed by atoms with Crippen LogP contribution in [0.25, 0.3) is 0 Å². The third-order valence-electron chi connectivity index (χ3n) is 1.97. The molecule has 2 N–H and O–H groups in total. The molecule has 0 aromatic rings.